The molecule has 0 radical (unpaired) electrons. The fourth-order valence-corrected chi connectivity index (χ4v) is 1.97. The molecule has 3 nitrogen and oxygen atoms in total. The van der Waals surface area contributed by atoms with Crippen molar-refractivity contribution < 1.29 is 9.53 Å². The van der Waals surface area contributed by atoms with E-state index in [-0.39, 0.29) is 11.8 Å². The quantitative estimate of drug-likeness (QED) is 0.572. The number of nitrogens with zero attached hydrogens (tertiary/aromatic N) is 1. The van der Waals surface area contributed by atoms with E-state index in [1.165, 1.54) is 0 Å². The number of hydrogen-bond donors (Lipinski definition) is 0. The Morgan fingerprint density at radius 2 is 2.00 bits per heavy atom. The van der Waals surface area contributed by atoms with Crippen LogP contribution in [0.1, 0.15) is 23.7 Å². The average Bonchev–Trinajstić information content (AvgIpc) is 2.38. The summed E-state index contributed by atoms with van der Waals surface area (Å²) in [4.78, 5) is 14.3. The highest BCUT2D eigenvalue weighted by Crippen LogP contribution is 2.13. The molecule has 18 heavy (non-hydrogen) atoms. The molecule has 0 aliphatic heterocycles. The van der Waals surface area contributed by atoms with E-state index in [1.54, 1.807) is 7.11 Å². The summed E-state index contributed by atoms with van der Waals surface area (Å²) in [6, 6.07) is 7.39. The molecule has 1 unspecified atom stereocenters. The third-order valence-corrected chi connectivity index (χ3v) is 3.56. The monoisotopic (exact) mass is 313 g/mol. The summed E-state index contributed by atoms with van der Waals surface area (Å²) in [7, 11) is 3.66. The van der Waals surface area contributed by atoms with Crippen molar-refractivity contribution in [2.75, 3.05) is 27.3 Å². The SMILES string of the molecule is COCCCN(C)C(C)C(=O)c1ccc(Br)cc1. The zero-order valence-corrected chi connectivity index (χ0v) is 12.7. The van der Waals surface area contributed by atoms with E-state index in [9.17, 15) is 4.79 Å². The molecule has 100 valence electrons. The molecule has 0 aliphatic carbocycles. The second-order valence-electron chi connectivity index (χ2n) is 4.37. The predicted octanol–water partition coefficient (Wildman–Crippen LogP) is 2.99. The first-order valence-electron chi connectivity index (χ1n) is 6.05. The van der Waals surface area contributed by atoms with Crippen molar-refractivity contribution in [1.82, 2.24) is 4.90 Å². The first-order valence-corrected chi connectivity index (χ1v) is 6.84. The van der Waals surface area contributed by atoms with Crippen molar-refractivity contribution in [2.24, 2.45) is 0 Å². The molecule has 0 fully saturated rings. The molecular weight excluding hydrogens is 294 g/mol. The second-order valence-corrected chi connectivity index (χ2v) is 5.29. The Morgan fingerprint density at radius 1 is 1.39 bits per heavy atom. The van der Waals surface area contributed by atoms with Crippen LogP contribution < -0.4 is 0 Å². The Balaban J connectivity index is 2.57. The minimum Gasteiger partial charge on any atom is -0.385 e. The van der Waals surface area contributed by atoms with Crippen molar-refractivity contribution in [2.45, 2.75) is 19.4 Å². The third-order valence-electron chi connectivity index (χ3n) is 3.03. The number of likely N-dealkylation sites (N-methyl/N-ethyl adjacent to an activating group) is 1. The minimum atomic E-state index is -0.108. The first kappa shape index (κ1) is 15.3. The molecule has 0 aromatic heterocycles. The summed E-state index contributed by atoms with van der Waals surface area (Å²) in [6.07, 6.45) is 0.935. The van der Waals surface area contributed by atoms with Crippen molar-refractivity contribution in [3.63, 3.8) is 0 Å². The summed E-state index contributed by atoms with van der Waals surface area (Å²) in [6.45, 7) is 3.53. The number of halogens is 1. The van der Waals surface area contributed by atoms with Gasteiger partial charge in [0, 0.05) is 30.3 Å². The van der Waals surface area contributed by atoms with Gasteiger partial charge in [-0.3, -0.25) is 9.69 Å². The number of ether oxygens (including phenoxy) is 1. The van der Waals surface area contributed by atoms with Crippen molar-refractivity contribution >= 4 is 21.7 Å². The molecule has 0 bridgehead atoms. The van der Waals surface area contributed by atoms with Gasteiger partial charge in [0.2, 0.25) is 0 Å². The summed E-state index contributed by atoms with van der Waals surface area (Å²) in [5, 5.41) is 0. The molecule has 4 heteroatoms. The molecule has 0 saturated heterocycles. The largest absolute Gasteiger partial charge is 0.385 e. The van der Waals surface area contributed by atoms with E-state index >= 15 is 0 Å². The van der Waals surface area contributed by atoms with Crippen LogP contribution in [-0.2, 0) is 4.74 Å². The Labute approximate surface area is 117 Å². The molecule has 0 amide bonds. The molecule has 0 heterocycles. The molecule has 0 saturated carbocycles. The number of carbonyl (C=O) groups excluding carboxylic acids is 1. The highest BCUT2D eigenvalue weighted by molar-refractivity contribution is 9.10. The van der Waals surface area contributed by atoms with E-state index < -0.39 is 0 Å². The maximum absolute atomic E-state index is 12.2. The normalized spacial score (nSPS) is 12.7. The van der Waals surface area contributed by atoms with E-state index in [4.69, 9.17) is 4.74 Å². The lowest BCUT2D eigenvalue weighted by atomic mass is 10.0. The smallest absolute Gasteiger partial charge is 0.179 e. The number of benzene rings is 1. The molecular formula is C14H20BrNO2. The third kappa shape index (κ3) is 4.52. The van der Waals surface area contributed by atoms with Crippen LogP contribution in [0, 0.1) is 0 Å². The van der Waals surface area contributed by atoms with Crippen LogP contribution in [-0.4, -0.2) is 44.0 Å². The summed E-state index contributed by atoms with van der Waals surface area (Å²) < 4.78 is 6.00. The highest BCUT2D eigenvalue weighted by atomic mass is 79.9. The van der Waals surface area contributed by atoms with Crippen molar-refractivity contribution in [1.29, 1.82) is 0 Å². The van der Waals surface area contributed by atoms with Gasteiger partial charge in [0.1, 0.15) is 0 Å². The van der Waals surface area contributed by atoms with Gasteiger partial charge in [-0.15, -0.1) is 0 Å². The fourth-order valence-electron chi connectivity index (χ4n) is 1.71. The van der Waals surface area contributed by atoms with Crippen molar-refractivity contribution in [3.8, 4) is 0 Å². The van der Waals surface area contributed by atoms with Gasteiger partial charge >= 0.3 is 0 Å². The van der Waals surface area contributed by atoms with Crippen LogP contribution in [0.5, 0.6) is 0 Å². The van der Waals surface area contributed by atoms with Gasteiger partial charge in [0.15, 0.2) is 5.78 Å². The van der Waals surface area contributed by atoms with Gasteiger partial charge in [-0.25, -0.2) is 0 Å². The van der Waals surface area contributed by atoms with Gasteiger partial charge in [0.05, 0.1) is 6.04 Å². The van der Waals surface area contributed by atoms with Gasteiger partial charge in [0.25, 0.3) is 0 Å². The van der Waals surface area contributed by atoms with Gasteiger partial charge in [-0.2, -0.15) is 0 Å². The van der Waals surface area contributed by atoms with E-state index in [0.29, 0.717) is 0 Å². The highest BCUT2D eigenvalue weighted by Gasteiger charge is 2.18. The molecule has 1 aromatic rings. The fraction of sp³-hybridized carbons (Fsp3) is 0.500. The molecule has 1 aromatic carbocycles. The molecule has 0 N–H and O–H groups in total. The lowest BCUT2D eigenvalue weighted by molar-refractivity contribution is 0.0855. The Hall–Kier alpha value is -0.710. The standard InChI is InChI=1S/C14H20BrNO2/c1-11(16(2)9-4-10-18-3)14(17)12-5-7-13(15)8-6-12/h5-8,11H,4,9-10H2,1-3H3. The summed E-state index contributed by atoms with van der Waals surface area (Å²) in [5.74, 6) is 0.155. The van der Waals surface area contributed by atoms with Crippen molar-refractivity contribution in [3.05, 3.63) is 34.3 Å². The Bertz CT molecular complexity index is 378. The Morgan fingerprint density at radius 3 is 2.56 bits per heavy atom. The number of ketones is 1. The van der Waals surface area contributed by atoms with Crippen LogP contribution in [0.4, 0.5) is 0 Å². The predicted molar refractivity (Wildman–Crippen MR) is 77.1 cm³/mol. The lowest BCUT2D eigenvalue weighted by Crippen LogP contribution is -2.37. The van der Waals surface area contributed by atoms with Crippen LogP contribution in [0.25, 0.3) is 0 Å². The van der Waals surface area contributed by atoms with E-state index in [2.05, 4.69) is 20.8 Å². The number of methoxy groups -OCH3 is 1. The number of rotatable bonds is 7. The van der Waals surface area contributed by atoms with Crippen LogP contribution in [0.2, 0.25) is 0 Å². The van der Waals surface area contributed by atoms with E-state index in [0.717, 1.165) is 29.6 Å². The maximum atomic E-state index is 12.2. The molecule has 1 rings (SSSR count). The number of Topliss-reactive ketones (excluding diaryl/α,β-unsaturated/α-hetero) is 1. The number of hydrogen-bond acceptors (Lipinski definition) is 3. The van der Waals surface area contributed by atoms with Crippen LogP contribution in [0.3, 0.4) is 0 Å². The van der Waals surface area contributed by atoms with Crippen LogP contribution in [0.15, 0.2) is 28.7 Å². The topological polar surface area (TPSA) is 29.5 Å². The zero-order valence-electron chi connectivity index (χ0n) is 11.1. The second kappa shape index (κ2) is 7.67. The zero-order chi connectivity index (χ0) is 13.5. The molecule has 0 spiro atoms. The maximum Gasteiger partial charge on any atom is 0.179 e. The van der Waals surface area contributed by atoms with E-state index in [1.807, 2.05) is 38.2 Å². The van der Waals surface area contributed by atoms with Crippen LogP contribution >= 0.6 is 15.9 Å². The number of carbonyl (C=O) groups is 1. The minimum absolute atomic E-state index is 0.108. The van der Waals surface area contributed by atoms with Gasteiger partial charge in [-0.05, 0) is 32.5 Å². The van der Waals surface area contributed by atoms with Gasteiger partial charge < -0.3 is 4.74 Å². The molecule has 1 atom stereocenters. The Kier molecular flexibility index (Phi) is 6.54. The average molecular weight is 314 g/mol. The summed E-state index contributed by atoms with van der Waals surface area (Å²) >= 11 is 3.37. The molecule has 0 aliphatic rings. The van der Waals surface area contributed by atoms with Gasteiger partial charge in [-0.1, -0.05) is 28.1 Å². The summed E-state index contributed by atoms with van der Waals surface area (Å²) in [5.41, 5.74) is 0.754. The first-order chi connectivity index (χ1) is 8.56. The lowest BCUT2D eigenvalue weighted by Gasteiger charge is -2.23.